The first-order chi connectivity index (χ1) is 13.2. The summed E-state index contributed by atoms with van der Waals surface area (Å²) in [5, 5.41) is 1.07. The number of H-pyrrole nitrogens is 1. The van der Waals surface area contributed by atoms with Crippen molar-refractivity contribution >= 4 is 32.7 Å². The van der Waals surface area contributed by atoms with Crippen LogP contribution in [-0.2, 0) is 0 Å². The number of amides is 1. The molecule has 2 heterocycles. The summed E-state index contributed by atoms with van der Waals surface area (Å²) in [5.41, 5.74) is 1.67. The summed E-state index contributed by atoms with van der Waals surface area (Å²) in [5.74, 6) is 0.961. The number of hydrogen-bond acceptors (Lipinski definition) is 3. The van der Waals surface area contributed by atoms with Crippen molar-refractivity contribution in [2.24, 2.45) is 0 Å². The van der Waals surface area contributed by atoms with E-state index in [0.717, 1.165) is 53.8 Å². The van der Waals surface area contributed by atoms with Crippen LogP contribution < -0.4 is 4.74 Å². The van der Waals surface area contributed by atoms with Crippen LogP contribution in [0.25, 0.3) is 10.9 Å². The summed E-state index contributed by atoms with van der Waals surface area (Å²) in [6, 6.07) is 17.8. The highest BCUT2D eigenvalue weighted by Crippen LogP contribution is 2.18. The fourth-order valence-electron chi connectivity index (χ4n) is 3.36. The number of carbonyl (C=O) groups excluding carboxylic acids is 1. The zero-order valence-electron chi connectivity index (χ0n) is 15.0. The summed E-state index contributed by atoms with van der Waals surface area (Å²) in [6.45, 7) is 4.74. The molecule has 1 saturated heterocycles. The maximum Gasteiger partial charge on any atom is 0.270 e. The zero-order chi connectivity index (χ0) is 18.6. The van der Waals surface area contributed by atoms with Gasteiger partial charge in [0.15, 0.2) is 0 Å². The Morgan fingerprint density at radius 3 is 2.52 bits per heavy atom. The Hall–Kier alpha value is -2.31. The number of aromatic nitrogens is 1. The van der Waals surface area contributed by atoms with Crippen LogP contribution in [0.5, 0.6) is 5.75 Å². The molecule has 0 spiro atoms. The van der Waals surface area contributed by atoms with Gasteiger partial charge < -0.3 is 14.6 Å². The van der Waals surface area contributed by atoms with Gasteiger partial charge in [0.2, 0.25) is 0 Å². The Morgan fingerprint density at radius 1 is 1.04 bits per heavy atom. The smallest absolute Gasteiger partial charge is 0.270 e. The molecule has 0 radical (unpaired) electrons. The number of ether oxygens (including phenoxy) is 1. The average Bonchev–Trinajstić information content (AvgIpc) is 3.14. The van der Waals surface area contributed by atoms with Crippen molar-refractivity contribution in [3.8, 4) is 5.75 Å². The van der Waals surface area contributed by atoms with Crippen LogP contribution in [0.1, 0.15) is 10.5 Å². The van der Waals surface area contributed by atoms with Gasteiger partial charge in [0.25, 0.3) is 5.91 Å². The molecule has 0 atom stereocenters. The van der Waals surface area contributed by atoms with E-state index in [0.29, 0.717) is 12.3 Å². The van der Waals surface area contributed by atoms with E-state index in [1.807, 2.05) is 59.5 Å². The van der Waals surface area contributed by atoms with Gasteiger partial charge in [0.05, 0.1) is 0 Å². The number of nitrogens with zero attached hydrogens (tertiary/aromatic N) is 2. The molecule has 1 aliphatic rings. The van der Waals surface area contributed by atoms with E-state index in [-0.39, 0.29) is 5.91 Å². The van der Waals surface area contributed by atoms with E-state index in [1.54, 1.807) is 0 Å². The number of aromatic amines is 1. The summed E-state index contributed by atoms with van der Waals surface area (Å²) in [4.78, 5) is 20.3. The Labute approximate surface area is 167 Å². The first-order valence-electron chi connectivity index (χ1n) is 9.17. The Bertz CT molecular complexity index is 882. The van der Waals surface area contributed by atoms with Crippen molar-refractivity contribution < 1.29 is 9.53 Å². The van der Waals surface area contributed by atoms with Crippen molar-refractivity contribution in [1.29, 1.82) is 0 Å². The number of hydrogen-bond donors (Lipinski definition) is 1. The van der Waals surface area contributed by atoms with Crippen molar-refractivity contribution in [2.75, 3.05) is 39.3 Å². The molecule has 0 aliphatic carbocycles. The highest BCUT2D eigenvalue weighted by Gasteiger charge is 2.23. The topological polar surface area (TPSA) is 48.6 Å². The molecule has 1 aliphatic heterocycles. The molecule has 0 saturated carbocycles. The number of benzene rings is 2. The van der Waals surface area contributed by atoms with Gasteiger partial charge >= 0.3 is 0 Å². The molecule has 1 fully saturated rings. The predicted molar refractivity (Wildman–Crippen MR) is 110 cm³/mol. The van der Waals surface area contributed by atoms with Gasteiger partial charge in [-0.3, -0.25) is 9.69 Å². The lowest BCUT2D eigenvalue weighted by Crippen LogP contribution is -2.49. The highest BCUT2D eigenvalue weighted by molar-refractivity contribution is 9.10. The molecule has 0 bridgehead atoms. The number of nitrogens with one attached hydrogen (secondary N) is 1. The monoisotopic (exact) mass is 427 g/mol. The van der Waals surface area contributed by atoms with Gasteiger partial charge in [-0.15, -0.1) is 0 Å². The molecule has 2 aromatic carbocycles. The predicted octanol–water partition coefficient (Wildman–Crippen LogP) is 3.77. The lowest BCUT2D eigenvalue weighted by Gasteiger charge is -2.34. The lowest BCUT2D eigenvalue weighted by molar-refractivity contribution is 0.0615. The maximum absolute atomic E-state index is 12.8. The average molecular weight is 428 g/mol. The SMILES string of the molecule is O=C(c1cc2ccccc2[nH]1)N1CCN(CCOc2ccc(Br)cc2)CC1. The van der Waals surface area contributed by atoms with Crippen molar-refractivity contribution in [3.05, 3.63) is 64.8 Å². The number of halogens is 1. The van der Waals surface area contributed by atoms with Gasteiger partial charge in [0, 0.05) is 48.1 Å². The number of rotatable bonds is 5. The second-order valence-corrected chi connectivity index (χ2v) is 7.62. The maximum atomic E-state index is 12.8. The third kappa shape index (κ3) is 4.34. The second kappa shape index (κ2) is 8.15. The van der Waals surface area contributed by atoms with Crippen LogP contribution in [0.3, 0.4) is 0 Å². The molecule has 4 rings (SSSR count). The summed E-state index contributed by atoms with van der Waals surface area (Å²) in [7, 11) is 0. The van der Waals surface area contributed by atoms with E-state index in [1.165, 1.54) is 0 Å². The highest BCUT2D eigenvalue weighted by atomic mass is 79.9. The summed E-state index contributed by atoms with van der Waals surface area (Å²) in [6.07, 6.45) is 0. The van der Waals surface area contributed by atoms with Crippen molar-refractivity contribution in [1.82, 2.24) is 14.8 Å². The van der Waals surface area contributed by atoms with Gasteiger partial charge in [-0.25, -0.2) is 0 Å². The first-order valence-corrected chi connectivity index (χ1v) is 9.96. The lowest BCUT2D eigenvalue weighted by atomic mass is 10.2. The summed E-state index contributed by atoms with van der Waals surface area (Å²) >= 11 is 3.42. The van der Waals surface area contributed by atoms with Crippen LogP contribution >= 0.6 is 15.9 Å². The number of carbonyl (C=O) groups is 1. The minimum atomic E-state index is 0.0805. The van der Waals surface area contributed by atoms with Crippen LogP contribution in [0.15, 0.2) is 59.1 Å². The number of para-hydroxylation sites is 1. The van der Waals surface area contributed by atoms with E-state index >= 15 is 0 Å². The van der Waals surface area contributed by atoms with E-state index in [9.17, 15) is 4.79 Å². The molecule has 1 amide bonds. The third-order valence-electron chi connectivity index (χ3n) is 4.91. The molecule has 5 nitrogen and oxygen atoms in total. The molecule has 1 aromatic heterocycles. The van der Waals surface area contributed by atoms with Gasteiger partial charge in [-0.2, -0.15) is 0 Å². The molecular formula is C21H22BrN3O2. The Balaban J connectivity index is 1.25. The number of piperazine rings is 1. The van der Waals surface area contributed by atoms with Crippen molar-refractivity contribution in [3.63, 3.8) is 0 Å². The quantitative estimate of drug-likeness (QED) is 0.673. The zero-order valence-corrected chi connectivity index (χ0v) is 16.6. The molecule has 27 heavy (non-hydrogen) atoms. The third-order valence-corrected chi connectivity index (χ3v) is 5.44. The normalized spacial score (nSPS) is 15.2. The minimum absolute atomic E-state index is 0.0805. The van der Waals surface area contributed by atoms with Crippen LogP contribution in [-0.4, -0.2) is 60.0 Å². The number of fused-ring (bicyclic) bond motifs is 1. The fourth-order valence-corrected chi connectivity index (χ4v) is 3.62. The van der Waals surface area contributed by atoms with Crippen LogP contribution in [0.4, 0.5) is 0 Å². The van der Waals surface area contributed by atoms with Gasteiger partial charge in [-0.05, 0) is 36.4 Å². The van der Waals surface area contributed by atoms with Gasteiger partial charge in [0.1, 0.15) is 18.1 Å². The first kappa shape index (κ1) is 18.1. The molecule has 0 unspecified atom stereocenters. The van der Waals surface area contributed by atoms with Crippen LogP contribution in [0.2, 0.25) is 0 Å². The molecule has 3 aromatic rings. The Morgan fingerprint density at radius 2 is 1.78 bits per heavy atom. The largest absolute Gasteiger partial charge is 0.492 e. The van der Waals surface area contributed by atoms with E-state index in [2.05, 4.69) is 25.8 Å². The minimum Gasteiger partial charge on any atom is -0.492 e. The van der Waals surface area contributed by atoms with Gasteiger partial charge in [-0.1, -0.05) is 34.1 Å². The summed E-state index contributed by atoms with van der Waals surface area (Å²) < 4.78 is 6.84. The van der Waals surface area contributed by atoms with Crippen LogP contribution in [0, 0.1) is 0 Å². The molecule has 140 valence electrons. The standard InChI is InChI=1S/C21H22BrN3O2/c22-17-5-7-18(8-6-17)27-14-13-24-9-11-25(12-10-24)21(26)20-15-16-3-1-2-4-19(16)23-20/h1-8,15,23H,9-14H2. The van der Waals surface area contributed by atoms with E-state index in [4.69, 9.17) is 4.74 Å². The fraction of sp³-hybridized carbons (Fsp3) is 0.286. The molecular weight excluding hydrogens is 406 g/mol. The molecule has 6 heteroatoms. The second-order valence-electron chi connectivity index (χ2n) is 6.71. The van der Waals surface area contributed by atoms with E-state index < -0.39 is 0 Å². The van der Waals surface area contributed by atoms with Crippen molar-refractivity contribution in [2.45, 2.75) is 0 Å². The Kier molecular flexibility index (Phi) is 5.45. The molecule has 1 N–H and O–H groups in total.